The third-order valence-electron chi connectivity index (χ3n) is 4.10. The van der Waals surface area contributed by atoms with Crippen LogP contribution in [-0.2, 0) is 14.8 Å². The van der Waals surface area contributed by atoms with Crippen LogP contribution in [0.1, 0.15) is 28.8 Å². The highest BCUT2D eigenvalue weighted by atomic mass is 32.2. The Kier molecular flexibility index (Phi) is 5.76. The number of carbonyl (C=O) groups is 2. The number of rotatable bonds is 7. The monoisotopic (exact) mass is 421 g/mol. The number of hydrogen-bond acceptors (Lipinski definition) is 4. The summed E-state index contributed by atoms with van der Waals surface area (Å²) >= 11 is 0. The van der Waals surface area contributed by atoms with Crippen molar-refractivity contribution >= 4 is 33.6 Å². The normalized spacial score (nSPS) is 14.1. The van der Waals surface area contributed by atoms with E-state index >= 15 is 0 Å². The summed E-state index contributed by atoms with van der Waals surface area (Å²) in [5, 5.41) is 2.19. The lowest BCUT2D eigenvalue weighted by molar-refractivity contribution is -0.111. The number of benzene rings is 2. The van der Waals surface area contributed by atoms with Crippen molar-refractivity contribution in [1.29, 1.82) is 0 Å². The Labute approximate surface area is 165 Å². The van der Waals surface area contributed by atoms with Gasteiger partial charge in [0.2, 0.25) is 15.9 Å². The molecule has 0 spiro atoms. The van der Waals surface area contributed by atoms with Gasteiger partial charge in [0.1, 0.15) is 11.6 Å². The Morgan fingerprint density at radius 3 is 2.31 bits per heavy atom. The first-order valence-electron chi connectivity index (χ1n) is 8.56. The standard InChI is InChI=1S/C19H17F2N3O4S/c20-15-10-16(21)17(9-14(15)19(22)26)23-18(25)8-3-11-1-6-13(7-2-11)29(27,28)24-12-4-5-12/h1-3,6-10,12,24H,4-5H2,(H2,22,26)(H,23,25)/b8-3+. The second kappa shape index (κ2) is 8.10. The highest BCUT2D eigenvalue weighted by molar-refractivity contribution is 7.89. The summed E-state index contributed by atoms with van der Waals surface area (Å²) in [6.07, 6.45) is 4.12. The molecule has 1 fully saturated rings. The van der Waals surface area contributed by atoms with E-state index < -0.39 is 44.7 Å². The van der Waals surface area contributed by atoms with Gasteiger partial charge >= 0.3 is 0 Å². The number of sulfonamides is 1. The highest BCUT2D eigenvalue weighted by Gasteiger charge is 2.27. The van der Waals surface area contributed by atoms with Crippen LogP contribution in [-0.4, -0.2) is 26.3 Å². The largest absolute Gasteiger partial charge is 0.366 e. The Balaban J connectivity index is 1.68. The summed E-state index contributed by atoms with van der Waals surface area (Å²) in [5.41, 5.74) is 4.57. The molecule has 29 heavy (non-hydrogen) atoms. The zero-order valence-corrected chi connectivity index (χ0v) is 15.8. The summed E-state index contributed by atoms with van der Waals surface area (Å²) < 4.78 is 54.0. The summed E-state index contributed by atoms with van der Waals surface area (Å²) in [6.45, 7) is 0. The molecule has 0 heterocycles. The number of nitrogens with one attached hydrogen (secondary N) is 2. The van der Waals surface area contributed by atoms with Gasteiger partial charge in [0, 0.05) is 18.2 Å². The molecule has 4 N–H and O–H groups in total. The number of carbonyl (C=O) groups excluding carboxylic acids is 2. The van der Waals surface area contributed by atoms with Gasteiger partial charge in [-0.3, -0.25) is 9.59 Å². The first-order chi connectivity index (χ1) is 13.7. The van der Waals surface area contributed by atoms with Crippen molar-refractivity contribution in [3.63, 3.8) is 0 Å². The molecule has 1 saturated carbocycles. The van der Waals surface area contributed by atoms with Crippen LogP contribution in [0.2, 0.25) is 0 Å². The first-order valence-corrected chi connectivity index (χ1v) is 10.0. The molecule has 10 heteroatoms. The molecular formula is C19H17F2N3O4S. The van der Waals surface area contributed by atoms with Crippen LogP contribution in [0.4, 0.5) is 14.5 Å². The number of primary amides is 1. The number of hydrogen-bond donors (Lipinski definition) is 3. The predicted octanol–water partition coefficient (Wildman–Crippen LogP) is 2.16. The maximum atomic E-state index is 13.8. The van der Waals surface area contributed by atoms with Crippen molar-refractivity contribution < 1.29 is 26.8 Å². The van der Waals surface area contributed by atoms with Gasteiger partial charge in [-0.25, -0.2) is 21.9 Å². The maximum absolute atomic E-state index is 13.8. The Bertz CT molecular complexity index is 1100. The Hall–Kier alpha value is -3.11. The number of amides is 2. The average molecular weight is 421 g/mol. The highest BCUT2D eigenvalue weighted by Crippen LogP contribution is 2.22. The van der Waals surface area contributed by atoms with Crippen molar-refractivity contribution in [1.82, 2.24) is 4.72 Å². The van der Waals surface area contributed by atoms with E-state index in [1.165, 1.54) is 30.3 Å². The summed E-state index contributed by atoms with van der Waals surface area (Å²) in [4.78, 5) is 23.2. The van der Waals surface area contributed by atoms with Crippen LogP contribution in [0.25, 0.3) is 6.08 Å². The van der Waals surface area contributed by atoms with Crippen LogP contribution in [0.5, 0.6) is 0 Å². The molecule has 0 aromatic heterocycles. The number of halogens is 2. The molecule has 2 aromatic carbocycles. The summed E-state index contributed by atoms with van der Waals surface area (Å²) in [7, 11) is -3.57. The van der Waals surface area contributed by atoms with Crippen LogP contribution < -0.4 is 15.8 Å². The zero-order valence-electron chi connectivity index (χ0n) is 15.0. The maximum Gasteiger partial charge on any atom is 0.251 e. The SMILES string of the molecule is NC(=O)c1cc(NC(=O)/C=C/c2ccc(S(=O)(=O)NC3CC3)cc2)c(F)cc1F. The molecule has 0 aliphatic heterocycles. The van der Waals surface area contributed by atoms with Gasteiger partial charge in [-0.1, -0.05) is 12.1 Å². The van der Waals surface area contributed by atoms with Gasteiger partial charge in [0.05, 0.1) is 16.1 Å². The first kappa shape index (κ1) is 20.6. The summed E-state index contributed by atoms with van der Waals surface area (Å²) in [6, 6.07) is 7.08. The van der Waals surface area contributed by atoms with Crippen molar-refractivity contribution in [3.05, 3.63) is 65.2 Å². The summed E-state index contributed by atoms with van der Waals surface area (Å²) in [5.74, 6) is -4.03. The van der Waals surface area contributed by atoms with Crippen molar-refractivity contribution in [2.45, 2.75) is 23.8 Å². The second-order valence-corrected chi connectivity index (χ2v) is 8.18. The molecule has 7 nitrogen and oxygen atoms in total. The molecule has 1 aliphatic carbocycles. The fourth-order valence-corrected chi connectivity index (χ4v) is 3.73. The quantitative estimate of drug-likeness (QED) is 0.594. The van der Waals surface area contributed by atoms with Crippen LogP contribution in [0.15, 0.2) is 47.4 Å². The zero-order chi connectivity index (χ0) is 21.2. The molecule has 0 radical (unpaired) electrons. The van der Waals surface area contributed by atoms with Gasteiger partial charge in [-0.2, -0.15) is 0 Å². The second-order valence-electron chi connectivity index (χ2n) is 6.46. The van der Waals surface area contributed by atoms with E-state index in [4.69, 9.17) is 5.73 Å². The van der Waals surface area contributed by atoms with Crippen molar-refractivity contribution in [2.75, 3.05) is 5.32 Å². The van der Waals surface area contributed by atoms with Gasteiger partial charge in [-0.05, 0) is 42.7 Å². The number of nitrogens with two attached hydrogens (primary N) is 1. The molecule has 1 aliphatic rings. The van der Waals surface area contributed by atoms with E-state index in [1.807, 2.05) is 0 Å². The van der Waals surface area contributed by atoms with Gasteiger partial charge in [0.25, 0.3) is 5.91 Å². The molecule has 152 valence electrons. The minimum atomic E-state index is -3.57. The third-order valence-corrected chi connectivity index (χ3v) is 5.63. The molecule has 0 atom stereocenters. The van der Waals surface area contributed by atoms with Crippen LogP contribution in [0.3, 0.4) is 0 Å². The third kappa shape index (κ3) is 5.24. The van der Waals surface area contributed by atoms with Crippen molar-refractivity contribution in [2.24, 2.45) is 5.73 Å². The van der Waals surface area contributed by atoms with E-state index in [0.29, 0.717) is 11.6 Å². The van der Waals surface area contributed by atoms with Crippen molar-refractivity contribution in [3.8, 4) is 0 Å². The van der Waals surface area contributed by atoms with Crippen LogP contribution in [0, 0.1) is 11.6 Å². The lowest BCUT2D eigenvalue weighted by Crippen LogP contribution is -2.25. The van der Waals surface area contributed by atoms with E-state index in [-0.39, 0.29) is 10.9 Å². The minimum Gasteiger partial charge on any atom is -0.366 e. The van der Waals surface area contributed by atoms with Crippen LogP contribution >= 0.6 is 0 Å². The van der Waals surface area contributed by atoms with Gasteiger partial charge < -0.3 is 11.1 Å². The lowest BCUT2D eigenvalue weighted by atomic mass is 10.1. The Morgan fingerprint density at radius 2 is 1.72 bits per heavy atom. The van der Waals surface area contributed by atoms with E-state index in [2.05, 4.69) is 10.0 Å². The van der Waals surface area contributed by atoms with E-state index in [9.17, 15) is 26.8 Å². The molecule has 2 aromatic rings. The van der Waals surface area contributed by atoms with E-state index in [1.54, 1.807) is 0 Å². The molecule has 3 rings (SSSR count). The Morgan fingerprint density at radius 1 is 1.07 bits per heavy atom. The van der Waals surface area contributed by atoms with Gasteiger partial charge in [0.15, 0.2) is 0 Å². The fraction of sp³-hybridized carbons (Fsp3) is 0.158. The fourth-order valence-electron chi connectivity index (χ4n) is 2.43. The number of anilines is 1. The molecular weight excluding hydrogens is 404 g/mol. The minimum absolute atomic E-state index is 0.00907. The predicted molar refractivity (Wildman–Crippen MR) is 102 cm³/mol. The van der Waals surface area contributed by atoms with E-state index in [0.717, 1.165) is 25.0 Å². The molecule has 2 amide bonds. The van der Waals surface area contributed by atoms with Gasteiger partial charge in [-0.15, -0.1) is 0 Å². The topological polar surface area (TPSA) is 118 Å². The molecule has 0 bridgehead atoms. The average Bonchev–Trinajstić information content (AvgIpc) is 3.45. The molecule has 0 saturated heterocycles. The molecule has 0 unspecified atom stereocenters. The lowest BCUT2D eigenvalue weighted by Gasteiger charge is -2.07. The smallest absolute Gasteiger partial charge is 0.251 e.